The van der Waals surface area contributed by atoms with E-state index in [0.717, 1.165) is 10.3 Å². The van der Waals surface area contributed by atoms with Gasteiger partial charge in [-0.2, -0.15) is 10.3 Å². The fraction of sp³-hybridized carbons (Fsp3) is 0.320. The number of para-hydroxylation sites is 1. The van der Waals surface area contributed by atoms with Gasteiger partial charge in [-0.25, -0.2) is 14.8 Å². The molecule has 6 N–H and O–H groups in total. The van der Waals surface area contributed by atoms with E-state index >= 15 is 0 Å². The number of urea groups is 1. The number of nitrogen functional groups attached to an aromatic ring is 2. The summed E-state index contributed by atoms with van der Waals surface area (Å²) in [6.45, 7) is -0.138. The molecule has 13 nitrogen and oxygen atoms in total. The molecule has 2 atom stereocenters. The SMILES string of the molecule is CNC(=O)N(CC#N)N1CC(=O)N2[C@@H](Cc3ccc(O)c(N)c3)C(=O)N(Cc3cccc4sc(N)nc34)C[C@@H]21. The number of hydrazine groups is 1. The average molecular weight is 550 g/mol. The number of amides is 4. The monoisotopic (exact) mass is 549 g/mol. The van der Waals surface area contributed by atoms with Gasteiger partial charge in [0.2, 0.25) is 11.8 Å². The number of fused-ring (bicyclic) bond motifs is 2. The van der Waals surface area contributed by atoms with E-state index in [-0.39, 0.29) is 55.9 Å². The van der Waals surface area contributed by atoms with Gasteiger partial charge in [0, 0.05) is 20.0 Å². The highest BCUT2D eigenvalue weighted by atomic mass is 32.1. The highest BCUT2D eigenvalue weighted by Gasteiger charge is 2.52. The third-order valence-corrected chi connectivity index (χ3v) is 7.80. The first-order valence-corrected chi connectivity index (χ1v) is 13.0. The van der Waals surface area contributed by atoms with Crippen LogP contribution in [0.3, 0.4) is 0 Å². The molecule has 2 fully saturated rings. The second kappa shape index (κ2) is 10.3. The molecule has 3 heterocycles. The van der Waals surface area contributed by atoms with Crippen molar-refractivity contribution in [2.45, 2.75) is 25.2 Å². The lowest BCUT2D eigenvalue weighted by atomic mass is 9.99. The molecule has 0 spiro atoms. The van der Waals surface area contributed by atoms with Crippen LogP contribution in [0.15, 0.2) is 36.4 Å². The van der Waals surface area contributed by atoms with Crippen LogP contribution in [-0.4, -0.2) is 86.6 Å². The number of phenolic OH excluding ortho intramolecular Hbond substituents is 1. The predicted molar refractivity (Wildman–Crippen MR) is 144 cm³/mol. The highest BCUT2D eigenvalue weighted by Crippen LogP contribution is 2.33. The summed E-state index contributed by atoms with van der Waals surface area (Å²) in [6, 6.07) is 10.8. The van der Waals surface area contributed by atoms with Crippen LogP contribution in [-0.2, 0) is 22.6 Å². The number of phenols is 1. The van der Waals surface area contributed by atoms with Crippen LogP contribution in [0.4, 0.5) is 15.6 Å². The first-order valence-electron chi connectivity index (χ1n) is 12.2. The Hall–Kier alpha value is -4.61. The summed E-state index contributed by atoms with van der Waals surface area (Å²) < 4.78 is 0.893. The smallest absolute Gasteiger partial charge is 0.332 e. The van der Waals surface area contributed by atoms with Gasteiger partial charge in [0.25, 0.3) is 0 Å². The van der Waals surface area contributed by atoms with E-state index in [9.17, 15) is 24.8 Å². The number of anilines is 2. The molecule has 5 rings (SSSR count). The molecule has 4 amide bonds. The molecule has 0 bridgehead atoms. The zero-order chi connectivity index (χ0) is 27.8. The molecule has 0 aliphatic carbocycles. The second-order valence-electron chi connectivity index (χ2n) is 9.30. The number of aromatic nitrogens is 1. The van der Waals surface area contributed by atoms with Crippen LogP contribution in [0.1, 0.15) is 11.1 Å². The molecule has 2 aliphatic heterocycles. The van der Waals surface area contributed by atoms with Gasteiger partial charge in [0.05, 0.1) is 35.1 Å². The Morgan fingerprint density at radius 1 is 1.31 bits per heavy atom. The number of rotatable bonds is 6. The van der Waals surface area contributed by atoms with Gasteiger partial charge in [-0.15, -0.1) is 0 Å². The second-order valence-corrected chi connectivity index (χ2v) is 10.4. The number of benzene rings is 2. The van der Waals surface area contributed by atoms with Crippen molar-refractivity contribution in [2.24, 2.45) is 0 Å². The summed E-state index contributed by atoms with van der Waals surface area (Å²) >= 11 is 1.35. The van der Waals surface area contributed by atoms with Crippen LogP contribution in [0.25, 0.3) is 10.2 Å². The Bertz CT molecular complexity index is 1500. The minimum Gasteiger partial charge on any atom is -0.506 e. The number of nitrogens with zero attached hydrogens (tertiary/aromatic N) is 6. The van der Waals surface area contributed by atoms with Crippen molar-refractivity contribution in [1.29, 1.82) is 5.26 Å². The van der Waals surface area contributed by atoms with E-state index in [1.807, 2.05) is 24.3 Å². The summed E-state index contributed by atoms with van der Waals surface area (Å²) in [4.78, 5) is 47.5. The topological polar surface area (TPSA) is 185 Å². The molecule has 0 unspecified atom stereocenters. The fourth-order valence-electron chi connectivity index (χ4n) is 5.18. The van der Waals surface area contributed by atoms with Gasteiger partial charge in [-0.05, 0) is 29.3 Å². The molecule has 0 saturated carbocycles. The zero-order valence-corrected chi connectivity index (χ0v) is 21.9. The number of nitriles is 1. The molecular weight excluding hydrogens is 522 g/mol. The van der Waals surface area contributed by atoms with Crippen molar-refractivity contribution in [3.8, 4) is 11.8 Å². The number of hydrogen-bond donors (Lipinski definition) is 4. The first kappa shape index (κ1) is 26.0. The van der Waals surface area contributed by atoms with Crippen molar-refractivity contribution < 1.29 is 19.5 Å². The number of hydrogen-bond acceptors (Lipinski definition) is 10. The quantitative estimate of drug-likeness (QED) is 0.195. The third kappa shape index (κ3) is 4.73. The van der Waals surface area contributed by atoms with E-state index in [1.54, 1.807) is 17.0 Å². The van der Waals surface area contributed by atoms with Crippen molar-refractivity contribution in [3.63, 3.8) is 0 Å². The lowest BCUT2D eigenvalue weighted by Crippen LogP contribution is -2.66. The van der Waals surface area contributed by atoms with E-state index in [2.05, 4.69) is 10.3 Å². The summed E-state index contributed by atoms with van der Waals surface area (Å²) in [6.07, 6.45) is -0.554. The number of nitrogens with two attached hydrogens (primary N) is 2. The van der Waals surface area contributed by atoms with Crippen molar-refractivity contribution >= 4 is 50.2 Å². The molecule has 3 aromatic rings. The first-order chi connectivity index (χ1) is 18.7. The van der Waals surface area contributed by atoms with Gasteiger partial charge in [-0.1, -0.05) is 29.5 Å². The minimum absolute atomic E-state index is 0.0787. The number of carbonyl (C=O) groups is 3. The Kier molecular flexibility index (Phi) is 6.85. The number of nitrogens with one attached hydrogen (secondary N) is 1. The summed E-state index contributed by atoms with van der Waals surface area (Å²) in [5.41, 5.74) is 14.1. The van der Waals surface area contributed by atoms with E-state index < -0.39 is 18.2 Å². The molecule has 2 aliphatic rings. The van der Waals surface area contributed by atoms with E-state index in [4.69, 9.17) is 11.5 Å². The van der Waals surface area contributed by atoms with Gasteiger partial charge >= 0.3 is 6.03 Å². The molecular formula is C25H27N9O4S. The molecule has 1 aromatic heterocycles. The molecule has 2 aromatic carbocycles. The van der Waals surface area contributed by atoms with Crippen LogP contribution in [0.5, 0.6) is 5.75 Å². The highest BCUT2D eigenvalue weighted by molar-refractivity contribution is 7.22. The molecule has 14 heteroatoms. The number of thiazole rings is 1. The Balaban J connectivity index is 1.53. The number of piperazine rings is 1. The standard InChI is InChI=1S/C25H27N9O4S/c1-29-25(38)32(8-7-26)33-13-21(36)34-17(10-14-5-6-18(35)16(27)9-14)23(37)31(12-20(33)34)11-15-3-2-4-19-22(15)30-24(28)39-19/h2-6,9,17,20,35H,8,10-13,27H2,1H3,(H2,28,30)(H,29,38)/t17-,20+/m0/s1. The summed E-state index contributed by atoms with van der Waals surface area (Å²) in [7, 11) is 1.44. The molecule has 0 radical (unpaired) electrons. The maximum Gasteiger partial charge on any atom is 0.332 e. The maximum atomic E-state index is 14.0. The van der Waals surface area contributed by atoms with Crippen LogP contribution < -0.4 is 16.8 Å². The van der Waals surface area contributed by atoms with Crippen molar-refractivity contribution in [2.75, 3.05) is 38.1 Å². The van der Waals surface area contributed by atoms with E-state index in [0.29, 0.717) is 16.2 Å². The van der Waals surface area contributed by atoms with Crippen LogP contribution in [0, 0.1) is 11.3 Å². The number of aromatic hydroxyl groups is 1. The molecule has 202 valence electrons. The van der Waals surface area contributed by atoms with E-state index in [1.165, 1.54) is 39.4 Å². The lowest BCUT2D eigenvalue weighted by molar-refractivity contribution is -0.157. The largest absolute Gasteiger partial charge is 0.506 e. The van der Waals surface area contributed by atoms with Gasteiger partial charge in [-0.3, -0.25) is 9.59 Å². The average Bonchev–Trinajstić information content (AvgIpc) is 3.45. The van der Waals surface area contributed by atoms with Crippen molar-refractivity contribution in [1.82, 2.24) is 30.1 Å². The Labute approximate surface area is 227 Å². The lowest BCUT2D eigenvalue weighted by Gasteiger charge is -2.46. The van der Waals surface area contributed by atoms with Gasteiger partial charge < -0.3 is 31.7 Å². The Morgan fingerprint density at radius 2 is 2.10 bits per heavy atom. The summed E-state index contributed by atoms with van der Waals surface area (Å²) in [5.74, 6) is -0.698. The fourth-order valence-corrected chi connectivity index (χ4v) is 5.96. The Morgan fingerprint density at radius 3 is 2.82 bits per heavy atom. The van der Waals surface area contributed by atoms with Gasteiger partial charge in [0.15, 0.2) is 5.13 Å². The van der Waals surface area contributed by atoms with Crippen LogP contribution >= 0.6 is 11.3 Å². The molecule has 2 saturated heterocycles. The normalized spacial score (nSPS) is 19.3. The maximum absolute atomic E-state index is 14.0. The number of carbonyl (C=O) groups excluding carboxylic acids is 3. The minimum atomic E-state index is -0.904. The van der Waals surface area contributed by atoms with Gasteiger partial charge in [0.1, 0.15) is 24.5 Å². The summed E-state index contributed by atoms with van der Waals surface area (Å²) in [5, 5.41) is 24.9. The third-order valence-electron chi connectivity index (χ3n) is 6.95. The van der Waals surface area contributed by atoms with Crippen molar-refractivity contribution in [3.05, 3.63) is 47.5 Å². The van der Waals surface area contributed by atoms with Crippen LogP contribution in [0.2, 0.25) is 0 Å². The zero-order valence-electron chi connectivity index (χ0n) is 21.1. The molecule has 39 heavy (non-hydrogen) atoms. The predicted octanol–water partition coefficient (Wildman–Crippen LogP) is 0.670.